The third-order valence-corrected chi connectivity index (χ3v) is 7.74. The molecule has 0 amide bonds. The lowest BCUT2D eigenvalue weighted by Crippen LogP contribution is -2.40. The molecule has 1 N–H and O–H groups in total. The fourth-order valence-electron chi connectivity index (χ4n) is 5.92. The van der Waals surface area contributed by atoms with Crippen molar-refractivity contribution in [1.82, 2.24) is 9.55 Å². The highest BCUT2D eigenvalue weighted by Crippen LogP contribution is 2.49. The van der Waals surface area contributed by atoms with Crippen LogP contribution in [0.2, 0.25) is 0 Å². The highest BCUT2D eigenvalue weighted by Gasteiger charge is 2.44. The minimum atomic E-state index is -0.142. The molecule has 0 unspecified atom stereocenters. The van der Waals surface area contributed by atoms with Gasteiger partial charge in [-0.3, -0.25) is 9.36 Å². The Morgan fingerprint density at radius 1 is 1.00 bits per heavy atom. The average Bonchev–Trinajstić information content (AvgIpc) is 3.39. The van der Waals surface area contributed by atoms with E-state index in [2.05, 4.69) is 28.7 Å². The molecule has 0 aliphatic heterocycles. The first-order chi connectivity index (χ1) is 18.2. The zero-order chi connectivity index (χ0) is 25.2. The zero-order valence-corrected chi connectivity index (χ0v) is 21.0. The Morgan fingerprint density at radius 2 is 1.73 bits per heavy atom. The summed E-state index contributed by atoms with van der Waals surface area (Å²) < 4.78 is 7.00. The molecule has 2 aliphatic carbocycles. The van der Waals surface area contributed by atoms with Crippen molar-refractivity contribution in [2.75, 3.05) is 12.5 Å². The van der Waals surface area contributed by atoms with Crippen LogP contribution in [-0.2, 0) is 18.4 Å². The van der Waals surface area contributed by atoms with Crippen molar-refractivity contribution in [2.24, 2.45) is 5.10 Å². The predicted octanol–water partition coefficient (Wildman–Crippen LogP) is 5.78. The standard InChI is InChI=1S/C31H30N4O2/c1-37-25-15-13-22(14-16-25)20-32-34-30-33-28-26-12-6-5-11-24(26)19-31(17-7-8-18-31)27(28)29(36)35(30)21-23-9-3-2-4-10-23/h2-6,9-16,20H,7-8,17-19,21H2,1H3,(H,33,34)/b32-20+. The predicted molar refractivity (Wildman–Crippen MR) is 148 cm³/mol. The van der Waals surface area contributed by atoms with E-state index in [0.717, 1.165) is 65.8 Å². The van der Waals surface area contributed by atoms with E-state index in [0.29, 0.717) is 12.5 Å². The zero-order valence-electron chi connectivity index (χ0n) is 21.0. The molecular formula is C31H30N4O2. The highest BCUT2D eigenvalue weighted by molar-refractivity contribution is 5.80. The summed E-state index contributed by atoms with van der Waals surface area (Å²) in [4.78, 5) is 19.4. The van der Waals surface area contributed by atoms with E-state index < -0.39 is 0 Å². The molecule has 37 heavy (non-hydrogen) atoms. The molecule has 6 rings (SSSR count). The monoisotopic (exact) mass is 490 g/mol. The Labute approximate surface area is 216 Å². The minimum absolute atomic E-state index is 0.0346. The second-order valence-electron chi connectivity index (χ2n) is 10.0. The van der Waals surface area contributed by atoms with Gasteiger partial charge in [-0.2, -0.15) is 5.10 Å². The number of fused-ring (bicyclic) bond motifs is 4. The molecular weight excluding hydrogens is 460 g/mol. The maximum atomic E-state index is 14.3. The summed E-state index contributed by atoms with van der Waals surface area (Å²) in [5, 5.41) is 4.47. The first-order valence-electron chi connectivity index (χ1n) is 12.9. The smallest absolute Gasteiger partial charge is 0.259 e. The Hall–Kier alpha value is -4.19. The second kappa shape index (κ2) is 9.69. The number of hydrogen-bond acceptors (Lipinski definition) is 5. The summed E-state index contributed by atoms with van der Waals surface area (Å²) >= 11 is 0. The second-order valence-corrected chi connectivity index (χ2v) is 10.0. The number of nitrogens with one attached hydrogen (secondary N) is 1. The Kier molecular flexibility index (Phi) is 6.08. The lowest BCUT2D eigenvalue weighted by Gasteiger charge is -2.36. The molecule has 1 fully saturated rings. The van der Waals surface area contributed by atoms with Crippen LogP contribution in [0.1, 0.15) is 47.9 Å². The number of hydrazone groups is 1. The molecule has 0 radical (unpaired) electrons. The molecule has 1 saturated carbocycles. The van der Waals surface area contributed by atoms with E-state index in [9.17, 15) is 4.79 Å². The number of methoxy groups -OCH3 is 1. The van der Waals surface area contributed by atoms with Gasteiger partial charge in [0, 0.05) is 11.0 Å². The van der Waals surface area contributed by atoms with Gasteiger partial charge in [-0.25, -0.2) is 10.4 Å². The van der Waals surface area contributed by atoms with Gasteiger partial charge in [-0.15, -0.1) is 0 Å². The fourth-order valence-corrected chi connectivity index (χ4v) is 5.92. The van der Waals surface area contributed by atoms with Gasteiger partial charge in [0.15, 0.2) is 0 Å². The van der Waals surface area contributed by atoms with Gasteiger partial charge in [0.25, 0.3) is 5.56 Å². The minimum Gasteiger partial charge on any atom is -0.497 e. The van der Waals surface area contributed by atoms with E-state index in [1.165, 1.54) is 5.56 Å². The fraction of sp³-hybridized carbons (Fsp3) is 0.258. The molecule has 1 heterocycles. The van der Waals surface area contributed by atoms with Crippen LogP contribution in [0.4, 0.5) is 5.95 Å². The Morgan fingerprint density at radius 3 is 2.49 bits per heavy atom. The summed E-state index contributed by atoms with van der Waals surface area (Å²) in [5.74, 6) is 1.24. The SMILES string of the molecule is COc1ccc(/C=N/Nc2nc3c(c(=O)n2Cc2ccccc2)C2(CCCC2)Cc2ccccc2-3)cc1. The van der Waals surface area contributed by atoms with Gasteiger partial charge < -0.3 is 4.74 Å². The van der Waals surface area contributed by atoms with Crippen molar-refractivity contribution in [3.05, 3.63) is 111 Å². The van der Waals surface area contributed by atoms with Crippen molar-refractivity contribution in [3.63, 3.8) is 0 Å². The Balaban J connectivity index is 1.47. The summed E-state index contributed by atoms with van der Waals surface area (Å²) in [7, 11) is 1.65. The number of rotatable bonds is 6. The largest absolute Gasteiger partial charge is 0.497 e. The summed E-state index contributed by atoms with van der Waals surface area (Å²) in [6, 6.07) is 26.1. The third kappa shape index (κ3) is 4.33. The van der Waals surface area contributed by atoms with Crippen LogP contribution < -0.4 is 15.7 Å². The Bertz CT molecular complexity index is 1500. The van der Waals surface area contributed by atoms with Crippen LogP contribution >= 0.6 is 0 Å². The number of ether oxygens (including phenoxy) is 1. The molecule has 4 aromatic rings. The van der Waals surface area contributed by atoms with Gasteiger partial charge in [0.1, 0.15) is 5.75 Å². The number of aromatic nitrogens is 2. The number of anilines is 1. The van der Waals surface area contributed by atoms with Crippen molar-refractivity contribution >= 4 is 12.2 Å². The van der Waals surface area contributed by atoms with Crippen molar-refractivity contribution in [1.29, 1.82) is 0 Å². The van der Waals surface area contributed by atoms with Crippen molar-refractivity contribution in [3.8, 4) is 17.0 Å². The lowest BCUT2D eigenvalue weighted by atomic mass is 9.68. The van der Waals surface area contributed by atoms with Gasteiger partial charge in [0.05, 0.1) is 31.1 Å². The summed E-state index contributed by atoms with van der Waals surface area (Å²) in [5.41, 5.74) is 8.97. The molecule has 2 aliphatic rings. The first kappa shape index (κ1) is 23.2. The maximum absolute atomic E-state index is 14.3. The summed E-state index contributed by atoms with van der Waals surface area (Å²) in [6.45, 7) is 0.429. The molecule has 6 nitrogen and oxygen atoms in total. The summed E-state index contributed by atoms with van der Waals surface area (Å²) in [6.07, 6.45) is 6.97. The van der Waals surface area contributed by atoms with E-state index >= 15 is 0 Å². The maximum Gasteiger partial charge on any atom is 0.259 e. The van der Waals surface area contributed by atoms with E-state index in [4.69, 9.17) is 9.72 Å². The first-order valence-corrected chi connectivity index (χ1v) is 12.9. The van der Waals surface area contributed by atoms with Crippen LogP contribution in [0.25, 0.3) is 11.3 Å². The van der Waals surface area contributed by atoms with Crippen molar-refractivity contribution in [2.45, 2.75) is 44.1 Å². The number of benzene rings is 3. The molecule has 6 heteroatoms. The van der Waals surface area contributed by atoms with E-state index in [1.807, 2.05) is 60.7 Å². The van der Waals surface area contributed by atoms with Crippen molar-refractivity contribution < 1.29 is 4.74 Å². The molecule has 3 aromatic carbocycles. The van der Waals surface area contributed by atoms with Crippen LogP contribution in [0, 0.1) is 0 Å². The van der Waals surface area contributed by atoms with E-state index in [1.54, 1.807) is 17.9 Å². The van der Waals surface area contributed by atoms with Gasteiger partial charge in [-0.05, 0) is 60.2 Å². The molecule has 1 spiro atoms. The molecule has 1 aromatic heterocycles. The third-order valence-electron chi connectivity index (χ3n) is 7.74. The lowest BCUT2D eigenvalue weighted by molar-refractivity contribution is 0.415. The molecule has 0 saturated heterocycles. The number of hydrogen-bond donors (Lipinski definition) is 1. The van der Waals surface area contributed by atoms with Crippen LogP contribution in [0.15, 0.2) is 88.8 Å². The molecule has 0 atom stereocenters. The van der Waals surface area contributed by atoms with Gasteiger partial charge in [-0.1, -0.05) is 67.4 Å². The highest BCUT2D eigenvalue weighted by atomic mass is 16.5. The van der Waals surface area contributed by atoms with Gasteiger partial charge in [0.2, 0.25) is 5.95 Å². The van der Waals surface area contributed by atoms with Crippen LogP contribution in [-0.4, -0.2) is 22.9 Å². The molecule has 0 bridgehead atoms. The number of nitrogens with zero attached hydrogens (tertiary/aromatic N) is 3. The average molecular weight is 491 g/mol. The van der Waals surface area contributed by atoms with Gasteiger partial charge >= 0.3 is 0 Å². The van der Waals surface area contributed by atoms with Crippen LogP contribution in [0.5, 0.6) is 5.75 Å². The van der Waals surface area contributed by atoms with Crippen LogP contribution in [0.3, 0.4) is 0 Å². The quantitative estimate of drug-likeness (QED) is 0.275. The normalized spacial score (nSPS) is 15.5. The van der Waals surface area contributed by atoms with E-state index in [-0.39, 0.29) is 11.0 Å². The molecule has 186 valence electrons. The topological polar surface area (TPSA) is 68.5 Å².